The SMILES string of the molecule is COC(=O)C1=C(C)NC(C)=C(C#N)[C@@H]1c1ccccc1. The smallest absolute Gasteiger partial charge is 0.336 e. The molecule has 0 saturated carbocycles. The monoisotopic (exact) mass is 268 g/mol. The van der Waals surface area contributed by atoms with Crippen LogP contribution < -0.4 is 5.32 Å². The van der Waals surface area contributed by atoms with E-state index in [2.05, 4.69) is 11.4 Å². The van der Waals surface area contributed by atoms with Gasteiger partial charge in [-0.15, -0.1) is 0 Å². The molecule has 0 fully saturated rings. The van der Waals surface area contributed by atoms with E-state index in [0.29, 0.717) is 11.1 Å². The predicted octanol–water partition coefficient (Wildman–Crippen LogP) is 2.62. The number of hydrogen-bond acceptors (Lipinski definition) is 4. The van der Waals surface area contributed by atoms with Crippen LogP contribution in [0.1, 0.15) is 25.3 Å². The molecule has 0 aliphatic carbocycles. The van der Waals surface area contributed by atoms with E-state index in [1.165, 1.54) is 7.11 Å². The van der Waals surface area contributed by atoms with Crippen LogP contribution >= 0.6 is 0 Å². The number of allylic oxidation sites excluding steroid dienone is 3. The van der Waals surface area contributed by atoms with Crippen molar-refractivity contribution in [3.8, 4) is 6.07 Å². The molecule has 0 saturated heterocycles. The van der Waals surface area contributed by atoms with Crippen LogP contribution in [0.25, 0.3) is 0 Å². The Hall–Kier alpha value is -2.54. The summed E-state index contributed by atoms with van der Waals surface area (Å²) in [5.74, 6) is -0.793. The van der Waals surface area contributed by atoms with E-state index >= 15 is 0 Å². The number of benzene rings is 1. The fraction of sp³-hybridized carbons (Fsp3) is 0.250. The Morgan fingerprint density at radius 3 is 2.45 bits per heavy atom. The summed E-state index contributed by atoms with van der Waals surface area (Å²) in [4.78, 5) is 12.1. The summed E-state index contributed by atoms with van der Waals surface area (Å²) < 4.78 is 4.87. The summed E-state index contributed by atoms with van der Waals surface area (Å²) in [7, 11) is 1.35. The van der Waals surface area contributed by atoms with Crippen LogP contribution in [-0.4, -0.2) is 13.1 Å². The van der Waals surface area contributed by atoms with Gasteiger partial charge in [0.05, 0.1) is 30.2 Å². The lowest BCUT2D eigenvalue weighted by atomic mass is 9.81. The molecule has 1 aliphatic rings. The van der Waals surface area contributed by atoms with Crippen molar-refractivity contribution in [3.63, 3.8) is 0 Å². The van der Waals surface area contributed by atoms with Crippen LogP contribution in [0.4, 0.5) is 0 Å². The first-order chi connectivity index (χ1) is 9.60. The molecule has 20 heavy (non-hydrogen) atoms. The third kappa shape index (κ3) is 2.30. The van der Waals surface area contributed by atoms with E-state index < -0.39 is 5.97 Å². The van der Waals surface area contributed by atoms with Gasteiger partial charge in [0.1, 0.15) is 0 Å². The average molecular weight is 268 g/mol. The summed E-state index contributed by atoms with van der Waals surface area (Å²) in [5.41, 5.74) is 3.43. The van der Waals surface area contributed by atoms with Crippen molar-refractivity contribution in [3.05, 3.63) is 58.4 Å². The molecule has 102 valence electrons. The quantitative estimate of drug-likeness (QED) is 0.837. The summed E-state index contributed by atoms with van der Waals surface area (Å²) in [5, 5.41) is 12.5. The first kappa shape index (κ1) is 13.9. The first-order valence-corrected chi connectivity index (χ1v) is 6.32. The number of hydrogen-bond donors (Lipinski definition) is 1. The van der Waals surface area contributed by atoms with E-state index in [0.717, 1.165) is 17.0 Å². The maximum Gasteiger partial charge on any atom is 0.336 e. The fourth-order valence-electron chi connectivity index (χ4n) is 2.50. The van der Waals surface area contributed by atoms with Gasteiger partial charge in [0.25, 0.3) is 0 Å². The van der Waals surface area contributed by atoms with Crippen molar-refractivity contribution in [1.29, 1.82) is 5.26 Å². The second-order valence-corrected chi connectivity index (χ2v) is 4.65. The number of esters is 1. The van der Waals surface area contributed by atoms with Crippen LogP contribution in [0.15, 0.2) is 52.9 Å². The highest BCUT2D eigenvalue weighted by Gasteiger charge is 2.33. The highest BCUT2D eigenvalue weighted by atomic mass is 16.5. The van der Waals surface area contributed by atoms with Gasteiger partial charge in [-0.1, -0.05) is 30.3 Å². The number of rotatable bonds is 2. The molecule has 1 aliphatic heterocycles. The molecule has 0 spiro atoms. The van der Waals surface area contributed by atoms with Gasteiger partial charge in [0, 0.05) is 11.4 Å². The lowest BCUT2D eigenvalue weighted by Crippen LogP contribution is -2.28. The number of methoxy groups -OCH3 is 1. The zero-order valence-corrected chi connectivity index (χ0v) is 11.7. The van der Waals surface area contributed by atoms with Gasteiger partial charge in [-0.25, -0.2) is 4.79 Å². The Balaban J connectivity index is 2.63. The third-order valence-electron chi connectivity index (χ3n) is 3.42. The normalized spacial score (nSPS) is 18.4. The molecule has 0 aromatic heterocycles. The largest absolute Gasteiger partial charge is 0.466 e. The Kier molecular flexibility index (Phi) is 3.90. The van der Waals surface area contributed by atoms with Crippen molar-refractivity contribution in [1.82, 2.24) is 5.32 Å². The van der Waals surface area contributed by atoms with Crippen LogP contribution in [0.5, 0.6) is 0 Å². The third-order valence-corrected chi connectivity index (χ3v) is 3.42. The minimum atomic E-state index is -0.413. The maximum atomic E-state index is 12.1. The van der Waals surface area contributed by atoms with Crippen LogP contribution in [0.3, 0.4) is 0 Å². The second kappa shape index (κ2) is 5.62. The van der Waals surface area contributed by atoms with Crippen molar-refractivity contribution >= 4 is 5.97 Å². The standard InChI is InChI=1S/C16H16N2O2/c1-10-13(9-17)15(12-7-5-4-6-8-12)14(11(2)18-10)16(19)20-3/h4-8,15,18H,1-3H3/t15-/m0/s1. The lowest BCUT2D eigenvalue weighted by Gasteiger charge is -2.28. The van der Waals surface area contributed by atoms with Crippen molar-refractivity contribution in [2.75, 3.05) is 7.11 Å². The topological polar surface area (TPSA) is 62.1 Å². The number of nitriles is 1. The lowest BCUT2D eigenvalue weighted by molar-refractivity contribution is -0.136. The number of dihydropyridines is 1. The van der Waals surface area contributed by atoms with Gasteiger partial charge in [0.2, 0.25) is 0 Å². The molecule has 1 N–H and O–H groups in total. The number of carbonyl (C=O) groups is 1. The summed E-state index contributed by atoms with van der Waals surface area (Å²) >= 11 is 0. The number of carbonyl (C=O) groups excluding carboxylic acids is 1. The van der Waals surface area contributed by atoms with Gasteiger partial charge in [-0.05, 0) is 19.4 Å². The predicted molar refractivity (Wildman–Crippen MR) is 75.3 cm³/mol. The van der Waals surface area contributed by atoms with Gasteiger partial charge in [0.15, 0.2) is 0 Å². The number of nitrogens with zero attached hydrogens (tertiary/aromatic N) is 1. The number of ether oxygens (including phenoxy) is 1. The molecule has 1 aromatic carbocycles. The molecule has 0 bridgehead atoms. The van der Waals surface area contributed by atoms with E-state index in [9.17, 15) is 10.1 Å². The molecule has 0 radical (unpaired) electrons. The van der Waals surface area contributed by atoms with Crippen molar-refractivity contribution < 1.29 is 9.53 Å². The summed E-state index contributed by atoms with van der Waals surface area (Å²) in [6.45, 7) is 3.66. The fourth-order valence-corrected chi connectivity index (χ4v) is 2.50. The Bertz CT molecular complexity index is 636. The molecule has 4 heteroatoms. The highest BCUT2D eigenvalue weighted by molar-refractivity contribution is 5.92. The molecule has 4 nitrogen and oxygen atoms in total. The Labute approximate surface area is 118 Å². The molecule has 0 amide bonds. The molecule has 2 rings (SSSR count). The van der Waals surface area contributed by atoms with E-state index in [-0.39, 0.29) is 5.92 Å². The van der Waals surface area contributed by atoms with Crippen LogP contribution in [0.2, 0.25) is 0 Å². The van der Waals surface area contributed by atoms with Gasteiger partial charge in [-0.3, -0.25) is 0 Å². The minimum absolute atomic E-state index is 0.380. The summed E-state index contributed by atoms with van der Waals surface area (Å²) in [6, 6.07) is 11.7. The average Bonchev–Trinajstić information content (AvgIpc) is 2.46. The number of nitrogens with one attached hydrogen (secondary N) is 1. The zero-order chi connectivity index (χ0) is 14.7. The molecule has 1 atom stereocenters. The minimum Gasteiger partial charge on any atom is -0.466 e. The van der Waals surface area contributed by atoms with E-state index in [1.54, 1.807) is 0 Å². The van der Waals surface area contributed by atoms with Gasteiger partial charge < -0.3 is 10.1 Å². The van der Waals surface area contributed by atoms with E-state index in [4.69, 9.17) is 4.74 Å². The van der Waals surface area contributed by atoms with Crippen LogP contribution in [0, 0.1) is 11.3 Å². The highest BCUT2D eigenvalue weighted by Crippen LogP contribution is 2.37. The Morgan fingerprint density at radius 2 is 1.90 bits per heavy atom. The molecule has 0 unspecified atom stereocenters. The second-order valence-electron chi connectivity index (χ2n) is 4.65. The van der Waals surface area contributed by atoms with Gasteiger partial charge >= 0.3 is 5.97 Å². The molecular formula is C16H16N2O2. The maximum absolute atomic E-state index is 12.1. The van der Waals surface area contributed by atoms with E-state index in [1.807, 2.05) is 44.2 Å². The van der Waals surface area contributed by atoms with Crippen LogP contribution in [-0.2, 0) is 9.53 Å². The van der Waals surface area contributed by atoms with Crippen molar-refractivity contribution in [2.24, 2.45) is 0 Å². The molecule has 1 heterocycles. The van der Waals surface area contributed by atoms with Crippen molar-refractivity contribution in [2.45, 2.75) is 19.8 Å². The summed E-state index contributed by atoms with van der Waals surface area (Å²) in [6.07, 6.45) is 0. The first-order valence-electron chi connectivity index (χ1n) is 6.32. The molecular weight excluding hydrogens is 252 g/mol. The molecule has 1 aromatic rings. The Morgan fingerprint density at radius 1 is 1.25 bits per heavy atom. The van der Waals surface area contributed by atoms with Gasteiger partial charge in [-0.2, -0.15) is 5.26 Å². The zero-order valence-electron chi connectivity index (χ0n) is 11.7.